The number of nitrogens with zero attached hydrogens (tertiary/aromatic N) is 1. The summed E-state index contributed by atoms with van der Waals surface area (Å²) in [6.45, 7) is 34.6. The molecule has 1 fully saturated rings. The molecule has 0 aromatic carbocycles. The summed E-state index contributed by atoms with van der Waals surface area (Å²) in [7, 11) is -2.14. The van der Waals surface area contributed by atoms with Gasteiger partial charge in [-0.25, -0.2) is 0 Å². The van der Waals surface area contributed by atoms with Crippen LogP contribution in [-0.2, 0) is 9.05 Å². The monoisotopic (exact) mass is 525 g/mol. The van der Waals surface area contributed by atoms with Crippen molar-refractivity contribution in [3.05, 3.63) is 11.3 Å². The summed E-state index contributed by atoms with van der Waals surface area (Å²) < 4.78 is 13.1. The van der Waals surface area contributed by atoms with Gasteiger partial charge in [-0.05, 0) is 70.1 Å². The molecule has 1 heterocycles. The number of piperidine rings is 1. The minimum absolute atomic E-state index is 0.143. The van der Waals surface area contributed by atoms with Gasteiger partial charge in [0.15, 0.2) is 0 Å². The number of hydrogen-bond acceptors (Lipinski definition) is 3. The Bertz CT molecular complexity index is 760. The highest BCUT2D eigenvalue weighted by molar-refractivity contribution is 7.63. The molecular weight excluding hydrogens is 461 g/mol. The number of unbranched alkanes of at least 4 members (excludes halogenated alkanes) is 1. The molecule has 0 aromatic rings. The molecule has 214 valence electrons. The maximum Gasteiger partial charge on any atom is 0.115 e. The smallest absolute Gasteiger partial charge is 0.115 e. The van der Waals surface area contributed by atoms with Gasteiger partial charge < -0.3 is 13.9 Å². The average molecular weight is 526 g/mol. The quantitative estimate of drug-likeness (QED) is 0.223. The number of hydrogen-bond donors (Lipinski definition) is 0. The largest absolute Gasteiger partial charge is 0.374 e. The summed E-state index contributed by atoms with van der Waals surface area (Å²) in [4.78, 5) is 2.66. The summed E-state index contributed by atoms with van der Waals surface area (Å²) in [6, 6.07) is 0. The molecule has 0 amide bonds. The third kappa shape index (κ3) is 11.2. The third-order valence-corrected chi connectivity index (χ3v) is 9.49. The first kappa shape index (κ1) is 33.8. The van der Waals surface area contributed by atoms with Crippen molar-refractivity contribution in [3.8, 4) is 0 Å². The van der Waals surface area contributed by atoms with Gasteiger partial charge in [0.05, 0.1) is 11.7 Å². The molecule has 1 aliphatic rings. The van der Waals surface area contributed by atoms with Crippen molar-refractivity contribution in [1.29, 1.82) is 0 Å². The minimum atomic E-state index is -2.14. The summed E-state index contributed by atoms with van der Waals surface area (Å²) >= 11 is 0. The molecule has 0 bridgehead atoms. The van der Waals surface area contributed by atoms with Crippen LogP contribution in [0.4, 0.5) is 0 Å². The van der Waals surface area contributed by atoms with Gasteiger partial charge >= 0.3 is 0 Å². The predicted octanol–water partition coefficient (Wildman–Crippen LogP) is 10.2. The van der Waals surface area contributed by atoms with E-state index in [1.807, 2.05) is 0 Å². The van der Waals surface area contributed by atoms with Crippen molar-refractivity contribution >= 4 is 13.6 Å². The Balaban J connectivity index is 2.85. The Hall–Kier alpha value is -0.240. The molecule has 3 nitrogen and oxygen atoms in total. The number of likely N-dealkylation sites (tertiary alicyclic amines) is 1. The average Bonchev–Trinajstić information content (AvgIpc) is 2.62. The van der Waals surface area contributed by atoms with Crippen LogP contribution in [0.3, 0.4) is 0 Å². The molecular formula is C32H64NO2P. The van der Waals surface area contributed by atoms with Crippen molar-refractivity contribution in [2.75, 3.05) is 19.8 Å². The fourth-order valence-electron chi connectivity index (χ4n) is 7.07. The molecule has 1 rings (SSSR count). The highest BCUT2D eigenvalue weighted by Crippen LogP contribution is 2.52. The molecule has 1 saturated heterocycles. The number of rotatable bonds is 13. The van der Waals surface area contributed by atoms with Gasteiger partial charge in [-0.15, -0.1) is 0 Å². The lowest BCUT2D eigenvalue weighted by Crippen LogP contribution is -2.42. The first-order valence-electron chi connectivity index (χ1n) is 14.6. The Morgan fingerprint density at radius 1 is 0.972 bits per heavy atom. The van der Waals surface area contributed by atoms with E-state index >= 15 is 0 Å². The first-order chi connectivity index (χ1) is 16.1. The van der Waals surface area contributed by atoms with E-state index in [1.165, 1.54) is 31.3 Å². The van der Waals surface area contributed by atoms with Gasteiger partial charge in [0.1, 0.15) is 7.34 Å². The molecule has 0 aliphatic carbocycles. The van der Waals surface area contributed by atoms with Crippen LogP contribution in [0.5, 0.6) is 0 Å². The fourth-order valence-corrected chi connectivity index (χ4v) is 9.07. The van der Waals surface area contributed by atoms with Crippen LogP contribution < -0.4 is 0 Å². The summed E-state index contributed by atoms with van der Waals surface area (Å²) in [5.74, 6) is 0.732. The third-order valence-electron chi connectivity index (χ3n) is 7.86. The first-order valence-corrected chi connectivity index (χ1v) is 16.9. The molecule has 2 atom stereocenters. The maximum atomic E-state index is 6.59. The van der Waals surface area contributed by atoms with Gasteiger partial charge in [-0.1, -0.05) is 93.4 Å². The second kappa shape index (κ2) is 12.7. The zero-order valence-corrected chi connectivity index (χ0v) is 27.8. The van der Waals surface area contributed by atoms with Gasteiger partial charge in [0.2, 0.25) is 0 Å². The summed E-state index contributed by atoms with van der Waals surface area (Å²) in [5, 5.41) is 0. The molecule has 2 unspecified atom stereocenters. The molecule has 0 N–H and O–H groups in total. The molecule has 4 heteroatoms. The van der Waals surface area contributed by atoms with Crippen LogP contribution in [0.25, 0.3) is 0 Å². The van der Waals surface area contributed by atoms with E-state index in [2.05, 4.69) is 108 Å². The molecule has 0 saturated carbocycles. The van der Waals surface area contributed by atoms with Gasteiger partial charge in [-0.2, -0.15) is 0 Å². The maximum absolute atomic E-state index is 6.59. The van der Waals surface area contributed by atoms with Crippen molar-refractivity contribution in [1.82, 2.24) is 4.90 Å². The zero-order valence-electron chi connectivity index (χ0n) is 26.9. The zero-order chi connectivity index (χ0) is 28.2. The lowest BCUT2D eigenvalue weighted by atomic mass is 9.66. The Labute approximate surface area is 227 Å². The van der Waals surface area contributed by atoms with E-state index in [0.29, 0.717) is 5.41 Å². The van der Waals surface area contributed by atoms with Crippen LogP contribution in [0.15, 0.2) is 11.3 Å². The van der Waals surface area contributed by atoms with Crippen molar-refractivity contribution < 1.29 is 9.05 Å². The minimum Gasteiger partial charge on any atom is -0.374 e. The molecule has 1 aliphatic heterocycles. The molecule has 0 aromatic heterocycles. The van der Waals surface area contributed by atoms with Crippen molar-refractivity contribution in [2.24, 2.45) is 22.2 Å². The van der Waals surface area contributed by atoms with E-state index in [1.54, 1.807) is 5.70 Å². The van der Waals surface area contributed by atoms with Crippen molar-refractivity contribution in [2.45, 2.75) is 147 Å². The van der Waals surface area contributed by atoms with E-state index in [0.717, 1.165) is 38.3 Å². The van der Waals surface area contributed by atoms with E-state index in [4.69, 9.17) is 9.05 Å². The van der Waals surface area contributed by atoms with E-state index in [9.17, 15) is 0 Å². The molecule has 0 spiro atoms. The van der Waals surface area contributed by atoms with Crippen LogP contribution >= 0.6 is 7.34 Å². The normalized spacial score (nSPS) is 19.2. The van der Waals surface area contributed by atoms with E-state index in [-0.39, 0.29) is 22.5 Å². The Kier molecular flexibility index (Phi) is 12.0. The summed E-state index contributed by atoms with van der Waals surface area (Å²) in [5.41, 5.74) is 3.45. The standard InChI is InChI=1S/C32H64NO2P/c1-16-17-18-26(4)30(8,9)24-31(10,11)28(25(2)3)33-21-19-27(20-22-33)34-36(14,15)35-32(12,13)23-29(5,6)7/h26-27H,14,16-24H2,1-13,15H3. The number of allylic oxidation sites excluding steroid dienone is 2. The lowest BCUT2D eigenvalue weighted by molar-refractivity contribution is 0.0356. The second-order valence-corrected chi connectivity index (χ2v) is 17.8. The van der Waals surface area contributed by atoms with Crippen LogP contribution in [0.1, 0.15) is 135 Å². The van der Waals surface area contributed by atoms with E-state index < -0.39 is 7.34 Å². The van der Waals surface area contributed by atoms with Crippen molar-refractivity contribution in [3.63, 3.8) is 0 Å². The van der Waals surface area contributed by atoms with Gasteiger partial charge in [0, 0.05) is 30.9 Å². The molecule has 0 radical (unpaired) electrons. The summed E-state index contributed by atoms with van der Waals surface area (Å²) in [6.07, 6.45) is 12.9. The van der Waals surface area contributed by atoms with Crippen LogP contribution in [0.2, 0.25) is 0 Å². The second-order valence-electron chi connectivity index (χ2n) is 15.3. The predicted molar refractivity (Wildman–Crippen MR) is 164 cm³/mol. The Morgan fingerprint density at radius 2 is 1.50 bits per heavy atom. The van der Waals surface area contributed by atoms with Gasteiger partial charge in [0.25, 0.3) is 0 Å². The molecule has 36 heavy (non-hydrogen) atoms. The highest BCUT2D eigenvalue weighted by Gasteiger charge is 2.39. The van der Waals surface area contributed by atoms with Crippen LogP contribution in [-0.4, -0.2) is 42.7 Å². The Morgan fingerprint density at radius 3 is 1.94 bits per heavy atom. The topological polar surface area (TPSA) is 21.7 Å². The van der Waals surface area contributed by atoms with Crippen LogP contribution in [0, 0.1) is 22.2 Å². The highest BCUT2D eigenvalue weighted by atomic mass is 31.2. The lowest BCUT2D eigenvalue weighted by Gasteiger charge is -2.47. The fraction of sp³-hybridized carbons (Fsp3) is 0.906. The van der Waals surface area contributed by atoms with Gasteiger partial charge in [-0.3, -0.25) is 0 Å². The SMILES string of the molecule is C=P(C)(OC1CCN(C(=C(C)C)C(C)(C)CC(C)(C)C(C)CCCC)CC1)OC(C)(C)CC(C)(C)C.